The molecule has 0 saturated carbocycles. The van der Waals surface area contributed by atoms with Gasteiger partial charge in [0.15, 0.2) is 0 Å². The zero-order chi connectivity index (χ0) is 8.69. The van der Waals surface area contributed by atoms with Crippen LogP contribution in [0.3, 0.4) is 0 Å². The van der Waals surface area contributed by atoms with Crippen LogP contribution in [0.4, 0.5) is 0 Å². The number of hydrazine groups is 1. The van der Waals surface area contributed by atoms with E-state index in [1.54, 1.807) is 0 Å². The first kappa shape index (κ1) is 10.9. The van der Waals surface area contributed by atoms with Crippen molar-refractivity contribution < 1.29 is 9.53 Å². The monoisotopic (exact) mass is 224 g/mol. The summed E-state index contributed by atoms with van der Waals surface area (Å²) in [6, 6.07) is 0. The molecule has 3 N–H and O–H groups in total. The van der Waals surface area contributed by atoms with Crippen LogP contribution in [0.2, 0.25) is 0 Å². The Balaban J connectivity index is 3.49. The van der Waals surface area contributed by atoms with E-state index >= 15 is 0 Å². The standard InChI is InChI=1S/C6H13BrN2O2/c1-5(10)11-6(4-7)2-3-9-8/h6,9H,2-4,8H2,1H3/t6-/m0/s1. The van der Waals surface area contributed by atoms with Gasteiger partial charge in [-0.05, 0) is 6.42 Å². The molecule has 1 atom stereocenters. The van der Waals surface area contributed by atoms with Crippen molar-refractivity contribution in [1.82, 2.24) is 5.43 Å². The predicted octanol–water partition coefficient (Wildman–Crippen LogP) is 0.166. The third-order valence-corrected chi connectivity index (χ3v) is 1.84. The number of halogens is 1. The van der Waals surface area contributed by atoms with Crippen molar-refractivity contribution >= 4 is 21.9 Å². The summed E-state index contributed by atoms with van der Waals surface area (Å²) in [6.45, 7) is 2.04. The molecule has 0 aromatic carbocycles. The Hall–Kier alpha value is -0.130. The summed E-state index contributed by atoms with van der Waals surface area (Å²) in [5.41, 5.74) is 2.49. The lowest BCUT2D eigenvalue weighted by Gasteiger charge is -2.12. The van der Waals surface area contributed by atoms with Gasteiger partial charge in [-0.1, -0.05) is 15.9 Å². The van der Waals surface area contributed by atoms with Gasteiger partial charge in [0, 0.05) is 18.8 Å². The average Bonchev–Trinajstić information content (AvgIpc) is 1.97. The normalized spacial score (nSPS) is 12.6. The van der Waals surface area contributed by atoms with Gasteiger partial charge < -0.3 is 4.74 Å². The van der Waals surface area contributed by atoms with Crippen LogP contribution >= 0.6 is 15.9 Å². The molecule has 0 saturated heterocycles. The number of carbonyl (C=O) groups excluding carboxylic acids is 1. The highest BCUT2D eigenvalue weighted by Gasteiger charge is 2.08. The molecule has 66 valence electrons. The van der Waals surface area contributed by atoms with Crippen LogP contribution in [0, 0.1) is 0 Å². The number of hydrogen-bond acceptors (Lipinski definition) is 4. The third-order valence-electron chi connectivity index (χ3n) is 1.12. The average molecular weight is 225 g/mol. The van der Waals surface area contributed by atoms with E-state index in [0.29, 0.717) is 11.9 Å². The number of ether oxygens (including phenoxy) is 1. The summed E-state index contributed by atoms with van der Waals surface area (Å²) in [5, 5.41) is 0.647. The largest absolute Gasteiger partial charge is 0.462 e. The van der Waals surface area contributed by atoms with Crippen molar-refractivity contribution in [2.24, 2.45) is 5.84 Å². The Bertz CT molecular complexity index is 121. The first-order valence-corrected chi connectivity index (χ1v) is 4.49. The number of nitrogens with two attached hydrogens (primary N) is 1. The molecule has 0 aromatic rings. The fraction of sp³-hybridized carbons (Fsp3) is 0.833. The Morgan fingerprint density at radius 1 is 1.82 bits per heavy atom. The molecule has 0 bridgehead atoms. The molecule has 0 radical (unpaired) electrons. The van der Waals surface area contributed by atoms with E-state index < -0.39 is 0 Å². The summed E-state index contributed by atoms with van der Waals surface area (Å²) in [5.74, 6) is 4.80. The van der Waals surface area contributed by atoms with Crippen LogP contribution in [-0.4, -0.2) is 23.9 Å². The maximum atomic E-state index is 10.5. The second-order valence-corrected chi connectivity index (χ2v) is 2.78. The second-order valence-electron chi connectivity index (χ2n) is 2.13. The number of rotatable bonds is 5. The number of esters is 1. The van der Waals surface area contributed by atoms with E-state index in [4.69, 9.17) is 10.6 Å². The predicted molar refractivity (Wildman–Crippen MR) is 46.2 cm³/mol. The number of alkyl halides is 1. The zero-order valence-electron chi connectivity index (χ0n) is 6.47. The van der Waals surface area contributed by atoms with Crippen molar-refractivity contribution in [2.45, 2.75) is 19.4 Å². The Morgan fingerprint density at radius 2 is 2.45 bits per heavy atom. The van der Waals surface area contributed by atoms with Crippen LogP contribution in [0.1, 0.15) is 13.3 Å². The van der Waals surface area contributed by atoms with Crippen LogP contribution in [0.15, 0.2) is 0 Å². The maximum absolute atomic E-state index is 10.5. The molecule has 0 heterocycles. The SMILES string of the molecule is CC(=O)O[C@H](CBr)CCNN. The molecule has 0 aliphatic heterocycles. The second kappa shape index (κ2) is 6.57. The fourth-order valence-electron chi connectivity index (χ4n) is 0.647. The summed E-state index contributed by atoms with van der Waals surface area (Å²) in [6.07, 6.45) is 0.643. The quantitative estimate of drug-likeness (QED) is 0.303. The molecule has 11 heavy (non-hydrogen) atoms. The Labute approximate surface area is 74.6 Å². The van der Waals surface area contributed by atoms with E-state index in [1.807, 2.05) is 0 Å². The highest BCUT2D eigenvalue weighted by molar-refractivity contribution is 9.09. The van der Waals surface area contributed by atoms with E-state index in [-0.39, 0.29) is 12.1 Å². The van der Waals surface area contributed by atoms with Gasteiger partial charge in [0.2, 0.25) is 0 Å². The first-order chi connectivity index (χ1) is 5.20. The highest BCUT2D eigenvalue weighted by Crippen LogP contribution is 2.01. The minimum absolute atomic E-state index is 0.0800. The molecular weight excluding hydrogens is 212 g/mol. The zero-order valence-corrected chi connectivity index (χ0v) is 8.06. The van der Waals surface area contributed by atoms with Gasteiger partial charge in [-0.2, -0.15) is 0 Å². The van der Waals surface area contributed by atoms with Crippen molar-refractivity contribution in [2.75, 3.05) is 11.9 Å². The molecule has 0 aliphatic rings. The van der Waals surface area contributed by atoms with Gasteiger partial charge in [-0.3, -0.25) is 16.1 Å². The van der Waals surface area contributed by atoms with E-state index in [0.717, 1.165) is 6.42 Å². The molecule has 4 nitrogen and oxygen atoms in total. The molecule has 0 unspecified atom stereocenters. The Kier molecular flexibility index (Phi) is 6.49. The van der Waals surface area contributed by atoms with Crippen LogP contribution in [-0.2, 0) is 9.53 Å². The molecule has 0 amide bonds. The number of hydrogen-bond donors (Lipinski definition) is 2. The summed E-state index contributed by atoms with van der Waals surface area (Å²) < 4.78 is 4.92. The lowest BCUT2D eigenvalue weighted by molar-refractivity contribution is -0.145. The molecule has 5 heteroatoms. The maximum Gasteiger partial charge on any atom is 0.302 e. The minimum atomic E-state index is -0.258. The summed E-state index contributed by atoms with van der Waals surface area (Å²) in [4.78, 5) is 10.5. The van der Waals surface area contributed by atoms with Crippen LogP contribution < -0.4 is 11.3 Å². The molecule has 0 aliphatic carbocycles. The first-order valence-electron chi connectivity index (χ1n) is 3.37. The molecule has 0 spiro atoms. The minimum Gasteiger partial charge on any atom is -0.462 e. The van der Waals surface area contributed by atoms with Crippen molar-refractivity contribution in [3.63, 3.8) is 0 Å². The number of carbonyl (C=O) groups is 1. The van der Waals surface area contributed by atoms with Gasteiger partial charge >= 0.3 is 5.97 Å². The number of nitrogens with one attached hydrogen (secondary N) is 1. The van der Waals surface area contributed by atoms with Crippen molar-refractivity contribution in [3.8, 4) is 0 Å². The van der Waals surface area contributed by atoms with E-state index in [2.05, 4.69) is 21.4 Å². The fourth-order valence-corrected chi connectivity index (χ4v) is 1.10. The van der Waals surface area contributed by atoms with Crippen LogP contribution in [0.5, 0.6) is 0 Å². The van der Waals surface area contributed by atoms with E-state index in [9.17, 15) is 4.79 Å². The van der Waals surface area contributed by atoms with Gasteiger partial charge in [0.25, 0.3) is 0 Å². The summed E-state index contributed by atoms with van der Waals surface area (Å²) >= 11 is 3.23. The lowest BCUT2D eigenvalue weighted by atomic mass is 10.3. The molecule has 0 fully saturated rings. The smallest absolute Gasteiger partial charge is 0.302 e. The van der Waals surface area contributed by atoms with Crippen molar-refractivity contribution in [1.29, 1.82) is 0 Å². The van der Waals surface area contributed by atoms with Gasteiger partial charge in [-0.15, -0.1) is 0 Å². The summed E-state index contributed by atoms with van der Waals surface area (Å²) in [7, 11) is 0. The lowest BCUT2D eigenvalue weighted by Crippen LogP contribution is -2.28. The molecule has 0 aromatic heterocycles. The highest BCUT2D eigenvalue weighted by atomic mass is 79.9. The Morgan fingerprint density at radius 3 is 2.82 bits per heavy atom. The molecule has 0 rings (SSSR count). The van der Waals surface area contributed by atoms with E-state index in [1.165, 1.54) is 6.92 Å². The topological polar surface area (TPSA) is 64.3 Å². The van der Waals surface area contributed by atoms with Gasteiger partial charge in [-0.25, -0.2) is 0 Å². The van der Waals surface area contributed by atoms with Crippen LogP contribution in [0.25, 0.3) is 0 Å². The van der Waals surface area contributed by atoms with Gasteiger partial charge in [0.1, 0.15) is 6.10 Å². The third kappa shape index (κ3) is 6.28. The van der Waals surface area contributed by atoms with Crippen molar-refractivity contribution in [3.05, 3.63) is 0 Å². The van der Waals surface area contributed by atoms with Gasteiger partial charge in [0.05, 0.1) is 0 Å². The molecular formula is C6H13BrN2O2.